The van der Waals surface area contributed by atoms with E-state index >= 15 is 0 Å². The van der Waals surface area contributed by atoms with E-state index in [1.54, 1.807) is 11.8 Å². The van der Waals surface area contributed by atoms with Crippen molar-refractivity contribution in [2.24, 2.45) is 0 Å². The summed E-state index contributed by atoms with van der Waals surface area (Å²) in [6.07, 6.45) is 0. The molecule has 0 bridgehead atoms. The number of benzene rings is 2. The molecule has 16 heavy (non-hydrogen) atoms. The molecule has 0 spiro atoms. The molecule has 0 aliphatic heterocycles. The van der Waals surface area contributed by atoms with Crippen molar-refractivity contribution in [2.75, 3.05) is 5.73 Å². The maximum absolute atomic E-state index is 5.83. The Balaban J connectivity index is 2.20. The molecule has 0 aliphatic carbocycles. The van der Waals surface area contributed by atoms with E-state index in [1.807, 2.05) is 36.4 Å². The minimum absolute atomic E-state index is 0.760. The predicted molar refractivity (Wildman–Crippen MR) is 79.1 cm³/mol. The Bertz CT molecular complexity index is 499. The normalized spacial score (nSPS) is 10.4. The Hall–Kier alpha value is -0.390. The summed E-state index contributed by atoms with van der Waals surface area (Å²) in [5.74, 6) is 0. The van der Waals surface area contributed by atoms with Crippen LogP contribution in [0.1, 0.15) is 0 Å². The van der Waals surface area contributed by atoms with Gasteiger partial charge in [0.15, 0.2) is 0 Å². The Labute approximate surface area is 118 Å². The lowest BCUT2D eigenvalue weighted by molar-refractivity contribution is 1.39. The van der Waals surface area contributed by atoms with Gasteiger partial charge in [-0.15, -0.1) is 0 Å². The van der Waals surface area contributed by atoms with Gasteiger partial charge in [-0.1, -0.05) is 23.4 Å². The average molecular weight is 362 g/mol. The van der Waals surface area contributed by atoms with Crippen molar-refractivity contribution in [1.29, 1.82) is 0 Å². The summed E-state index contributed by atoms with van der Waals surface area (Å²) in [5.41, 5.74) is 6.59. The van der Waals surface area contributed by atoms with Gasteiger partial charge in [0.2, 0.25) is 0 Å². The van der Waals surface area contributed by atoms with E-state index in [-0.39, 0.29) is 0 Å². The van der Waals surface area contributed by atoms with Crippen LogP contribution in [0.3, 0.4) is 0 Å². The molecule has 0 atom stereocenters. The third-order valence-electron chi connectivity index (χ3n) is 2.02. The Morgan fingerprint density at radius 3 is 2.25 bits per heavy atom. The number of halogens is 2. The topological polar surface area (TPSA) is 26.0 Å². The molecule has 0 aromatic heterocycles. The van der Waals surface area contributed by atoms with Crippen LogP contribution in [0.25, 0.3) is 0 Å². The van der Waals surface area contributed by atoms with E-state index < -0.39 is 0 Å². The molecule has 0 unspecified atom stereocenters. The maximum Gasteiger partial charge on any atom is 0.0450 e. The zero-order valence-corrected chi connectivity index (χ0v) is 12.0. The van der Waals surface area contributed by atoms with Gasteiger partial charge >= 0.3 is 0 Å². The van der Waals surface area contributed by atoms with Gasteiger partial charge in [-0.2, -0.15) is 0 Å². The van der Waals surface area contributed by atoms with Gasteiger partial charge in [0.1, 0.15) is 0 Å². The molecule has 0 saturated carbocycles. The highest BCUT2D eigenvalue weighted by Crippen LogP contribution is 2.30. The van der Waals surface area contributed by atoms with Crippen molar-refractivity contribution in [3.8, 4) is 0 Å². The highest BCUT2D eigenvalue weighted by atomic mass is 127. The number of nitrogen functional groups attached to an aromatic ring is 1. The van der Waals surface area contributed by atoms with Crippen molar-refractivity contribution in [2.45, 2.75) is 9.79 Å². The van der Waals surface area contributed by atoms with Crippen LogP contribution in [0.15, 0.2) is 52.3 Å². The predicted octanol–water partition coefficient (Wildman–Crippen LogP) is 4.68. The molecule has 2 rings (SSSR count). The van der Waals surface area contributed by atoms with Crippen LogP contribution < -0.4 is 5.73 Å². The lowest BCUT2D eigenvalue weighted by Crippen LogP contribution is -1.88. The third kappa shape index (κ3) is 3.06. The average Bonchev–Trinajstić information content (AvgIpc) is 2.27. The molecular weight excluding hydrogens is 353 g/mol. The molecular formula is C12H9ClINS. The van der Waals surface area contributed by atoms with Gasteiger partial charge in [-0.25, -0.2) is 0 Å². The van der Waals surface area contributed by atoms with Crippen molar-refractivity contribution in [3.05, 3.63) is 51.1 Å². The van der Waals surface area contributed by atoms with Crippen LogP contribution in [0, 0.1) is 3.57 Å². The standard InChI is InChI=1S/C12H9ClINS/c13-8-1-3-9(4-2-8)16-10-5-6-12(15)11(14)7-10/h1-7H,15H2. The first-order valence-corrected chi connectivity index (χ1v) is 6.91. The smallest absolute Gasteiger partial charge is 0.0450 e. The fraction of sp³-hybridized carbons (Fsp3) is 0. The number of rotatable bonds is 2. The summed E-state index contributed by atoms with van der Waals surface area (Å²) in [6, 6.07) is 13.8. The summed E-state index contributed by atoms with van der Waals surface area (Å²) < 4.78 is 1.08. The van der Waals surface area contributed by atoms with Gasteiger partial charge < -0.3 is 5.73 Å². The SMILES string of the molecule is Nc1ccc(Sc2ccc(Cl)cc2)cc1I. The Morgan fingerprint density at radius 1 is 1.00 bits per heavy atom. The van der Waals surface area contributed by atoms with Crippen LogP contribution in [-0.4, -0.2) is 0 Å². The molecule has 4 heteroatoms. The second-order valence-electron chi connectivity index (χ2n) is 3.24. The lowest BCUT2D eigenvalue weighted by atomic mass is 10.3. The maximum atomic E-state index is 5.83. The van der Waals surface area contributed by atoms with E-state index in [0.717, 1.165) is 14.3 Å². The van der Waals surface area contributed by atoms with Crippen molar-refractivity contribution < 1.29 is 0 Å². The molecule has 0 radical (unpaired) electrons. The first kappa shape index (κ1) is 12.1. The molecule has 0 fully saturated rings. The molecule has 2 aromatic rings. The van der Waals surface area contributed by atoms with Crippen molar-refractivity contribution >= 4 is 51.6 Å². The zero-order valence-electron chi connectivity index (χ0n) is 8.28. The van der Waals surface area contributed by atoms with Crippen LogP contribution in [0.5, 0.6) is 0 Å². The fourth-order valence-corrected chi connectivity index (χ4v) is 2.92. The van der Waals surface area contributed by atoms with Gasteiger partial charge in [-0.05, 0) is 65.1 Å². The largest absolute Gasteiger partial charge is 0.398 e. The van der Waals surface area contributed by atoms with Crippen LogP contribution in [-0.2, 0) is 0 Å². The van der Waals surface area contributed by atoms with Crippen LogP contribution in [0.4, 0.5) is 5.69 Å². The Kier molecular flexibility index (Phi) is 4.00. The van der Waals surface area contributed by atoms with E-state index in [1.165, 1.54) is 9.79 Å². The highest BCUT2D eigenvalue weighted by molar-refractivity contribution is 14.1. The molecule has 2 N–H and O–H groups in total. The lowest BCUT2D eigenvalue weighted by Gasteiger charge is -2.04. The van der Waals surface area contributed by atoms with E-state index in [9.17, 15) is 0 Å². The minimum Gasteiger partial charge on any atom is -0.398 e. The van der Waals surface area contributed by atoms with E-state index in [4.69, 9.17) is 17.3 Å². The highest BCUT2D eigenvalue weighted by Gasteiger charge is 2.00. The van der Waals surface area contributed by atoms with Crippen LogP contribution in [0.2, 0.25) is 5.02 Å². The zero-order chi connectivity index (χ0) is 11.5. The summed E-state index contributed by atoms with van der Waals surface area (Å²) in [7, 11) is 0. The molecule has 1 nitrogen and oxygen atoms in total. The molecule has 0 aliphatic rings. The molecule has 2 aromatic carbocycles. The first-order valence-electron chi connectivity index (χ1n) is 4.63. The van der Waals surface area contributed by atoms with Crippen molar-refractivity contribution in [1.82, 2.24) is 0 Å². The molecule has 0 heterocycles. The summed E-state index contributed by atoms with van der Waals surface area (Å²) in [4.78, 5) is 2.35. The van der Waals surface area contributed by atoms with E-state index in [2.05, 4.69) is 28.7 Å². The van der Waals surface area contributed by atoms with Gasteiger partial charge in [0.25, 0.3) is 0 Å². The monoisotopic (exact) mass is 361 g/mol. The van der Waals surface area contributed by atoms with Gasteiger partial charge in [0.05, 0.1) is 0 Å². The molecule has 82 valence electrons. The summed E-state index contributed by atoms with van der Waals surface area (Å²) in [6.45, 7) is 0. The molecule has 0 amide bonds. The first-order chi connectivity index (χ1) is 7.65. The quantitative estimate of drug-likeness (QED) is 0.621. The fourth-order valence-electron chi connectivity index (χ4n) is 1.21. The number of hydrogen-bond acceptors (Lipinski definition) is 2. The number of hydrogen-bond donors (Lipinski definition) is 1. The summed E-state index contributed by atoms with van der Waals surface area (Å²) >= 11 is 9.77. The van der Waals surface area contributed by atoms with Gasteiger partial charge in [0, 0.05) is 24.1 Å². The second kappa shape index (κ2) is 5.29. The Morgan fingerprint density at radius 2 is 1.62 bits per heavy atom. The number of anilines is 1. The number of nitrogens with two attached hydrogens (primary N) is 1. The second-order valence-corrected chi connectivity index (χ2v) is 5.98. The van der Waals surface area contributed by atoms with Crippen molar-refractivity contribution in [3.63, 3.8) is 0 Å². The third-order valence-corrected chi connectivity index (χ3v) is 4.20. The van der Waals surface area contributed by atoms with Gasteiger partial charge in [-0.3, -0.25) is 0 Å². The van der Waals surface area contributed by atoms with Crippen LogP contribution >= 0.6 is 46.0 Å². The van der Waals surface area contributed by atoms with E-state index in [0.29, 0.717) is 0 Å². The minimum atomic E-state index is 0.760. The molecule has 0 saturated heterocycles. The summed E-state index contributed by atoms with van der Waals surface area (Å²) in [5, 5.41) is 0.760.